The molecule has 0 bridgehead atoms. The topological polar surface area (TPSA) is 69.9 Å². The molecule has 4 nitrogen and oxygen atoms in total. The van der Waals surface area contributed by atoms with Crippen LogP contribution in [0, 0.1) is 11.8 Å². The second-order valence-corrected chi connectivity index (χ2v) is 4.41. The van der Waals surface area contributed by atoms with Crippen LogP contribution in [0.1, 0.15) is 20.8 Å². The molecule has 0 aliphatic carbocycles. The van der Waals surface area contributed by atoms with Crippen LogP contribution in [-0.4, -0.2) is 46.3 Å². The van der Waals surface area contributed by atoms with Crippen LogP contribution in [0.4, 0.5) is 0 Å². The predicted octanol–water partition coefficient (Wildman–Crippen LogP) is -0.240. The zero-order valence-corrected chi connectivity index (χ0v) is 8.92. The van der Waals surface area contributed by atoms with Crippen LogP contribution in [0.5, 0.6) is 0 Å². The van der Waals surface area contributed by atoms with E-state index in [2.05, 4.69) is 0 Å². The van der Waals surface area contributed by atoms with Crippen molar-refractivity contribution in [2.24, 2.45) is 11.8 Å². The van der Waals surface area contributed by atoms with Crippen LogP contribution in [0.3, 0.4) is 0 Å². The first-order chi connectivity index (χ1) is 6.49. The molecule has 0 spiro atoms. The average molecular weight is 204 g/mol. The Morgan fingerprint density at radius 1 is 1.21 bits per heavy atom. The quantitative estimate of drug-likeness (QED) is 0.580. The Kier molecular flexibility index (Phi) is 3.89. The lowest BCUT2D eigenvalue weighted by atomic mass is 9.83. The predicted molar refractivity (Wildman–Crippen MR) is 51.8 cm³/mol. The van der Waals surface area contributed by atoms with Crippen LogP contribution in [0.15, 0.2) is 0 Å². The molecule has 0 aromatic carbocycles. The fourth-order valence-corrected chi connectivity index (χ4v) is 2.05. The summed E-state index contributed by atoms with van der Waals surface area (Å²) in [5.41, 5.74) is 0. The van der Waals surface area contributed by atoms with Crippen LogP contribution >= 0.6 is 0 Å². The molecule has 1 aliphatic heterocycles. The molecule has 84 valence electrons. The molecule has 3 N–H and O–H groups in total. The highest BCUT2D eigenvalue weighted by molar-refractivity contribution is 4.90. The molecule has 0 aromatic rings. The molecule has 1 saturated heterocycles. The van der Waals surface area contributed by atoms with Gasteiger partial charge in [0.25, 0.3) is 0 Å². The second-order valence-electron chi connectivity index (χ2n) is 4.41. The molecule has 0 radical (unpaired) electrons. The summed E-state index contributed by atoms with van der Waals surface area (Å²) in [6.45, 7) is 5.60. The van der Waals surface area contributed by atoms with Gasteiger partial charge in [0.1, 0.15) is 12.2 Å². The van der Waals surface area contributed by atoms with E-state index in [0.29, 0.717) is 0 Å². The van der Waals surface area contributed by atoms with E-state index in [0.717, 1.165) is 0 Å². The first kappa shape index (κ1) is 11.9. The molecule has 14 heavy (non-hydrogen) atoms. The highest BCUT2D eigenvalue weighted by Crippen LogP contribution is 2.29. The third-order valence-corrected chi connectivity index (χ3v) is 2.96. The summed E-state index contributed by atoms with van der Waals surface area (Å²) in [4.78, 5) is 0. The van der Waals surface area contributed by atoms with Gasteiger partial charge in [-0.25, -0.2) is 0 Å². The lowest BCUT2D eigenvalue weighted by molar-refractivity contribution is -0.215. The number of hydrogen-bond donors (Lipinski definition) is 3. The lowest BCUT2D eigenvalue weighted by Gasteiger charge is -2.42. The summed E-state index contributed by atoms with van der Waals surface area (Å²) in [5.74, 6) is 0.161. The van der Waals surface area contributed by atoms with E-state index >= 15 is 0 Å². The van der Waals surface area contributed by atoms with Crippen LogP contribution < -0.4 is 0 Å². The van der Waals surface area contributed by atoms with Crippen LogP contribution in [0.2, 0.25) is 0 Å². The van der Waals surface area contributed by atoms with Crippen molar-refractivity contribution in [1.82, 2.24) is 0 Å². The minimum atomic E-state index is -0.981. The number of ether oxygens (including phenoxy) is 1. The van der Waals surface area contributed by atoms with Crippen molar-refractivity contribution >= 4 is 0 Å². The molecule has 5 atom stereocenters. The Balaban J connectivity index is 2.73. The maximum atomic E-state index is 9.73. The summed E-state index contributed by atoms with van der Waals surface area (Å²) in [7, 11) is 0. The van der Waals surface area contributed by atoms with E-state index in [1.807, 2.05) is 20.8 Å². The maximum Gasteiger partial charge on any atom is 0.109 e. The summed E-state index contributed by atoms with van der Waals surface area (Å²) in [5, 5.41) is 28.3. The minimum Gasteiger partial charge on any atom is -0.394 e. The molecule has 1 heterocycles. The van der Waals surface area contributed by atoms with Crippen molar-refractivity contribution in [1.29, 1.82) is 0 Å². The van der Waals surface area contributed by atoms with E-state index in [4.69, 9.17) is 9.84 Å². The van der Waals surface area contributed by atoms with Gasteiger partial charge in [0.05, 0.1) is 18.8 Å². The van der Waals surface area contributed by atoms with E-state index < -0.39 is 18.3 Å². The highest BCUT2D eigenvalue weighted by Gasteiger charge is 2.42. The van der Waals surface area contributed by atoms with Gasteiger partial charge in [-0.3, -0.25) is 0 Å². The van der Waals surface area contributed by atoms with Gasteiger partial charge in [-0.15, -0.1) is 0 Å². The SMILES string of the molecule is CC(C)[C@@H]1OC(CO)[C@@H](O)[C@H](O)C1C. The zero-order valence-electron chi connectivity index (χ0n) is 8.92. The van der Waals surface area contributed by atoms with E-state index in [1.165, 1.54) is 0 Å². The van der Waals surface area contributed by atoms with E-state index in [9.17, 15) is 10.2 Å². The van der Waals surface area contributed by atoms with Crippen molar-refractivity contribution in [3.8, 4) is 0 Å². The molecular weight excluding hydrogens is 184 g/mol. The fourth-order valence-electron chi connectivity index (χ4n) is 2.05. The average Bonchev–Trinajstić information content (AvgIpc) is 2.14. The molecule has 2 unspecified atom stereocenters. The molecule has 0 saturated carbocycles. The smallest absolute Gasteiger partial charge is 0.109 e. The summed E-state index contributed by atoms with van der Waals surface area (Å²) >= 11 is 0. The summed E-state index contributed by atoms with van der Waals surface area (Å²) < 4.78 is 5.53. The van der Waals surface area contributed by atoms with Crippen LogP contribution in [-0.2, 0) is 4.74 Å². The van der Waals surface area contributed by atoms with Crippen molar-refractivity contribution in [3.63, 3.8) is 0 Å². The first-order valence-electron chi connectivity index (χ1n) is 5.11. The number of hydrogen-bond acceptors (Lipinski definition) is 4. The van der Waals surface area contributed by atoms with Crippen molar-refractivity contribution < 1.29 is 20.1 Å². The van der Waals surface area contributed by atoms with Gasteiger partial charge in [-0.2, -0.15) is 0 Å². The zero-order chi connectivity index (χ0) is 10.9. The summed E-state index contributed by atoms with van der Waals surface area (Å²) in [6.07, 6.45) is -2.56. The highest BCUT2D eigenvalue weighted by atomic mass is 16.5. The Morgan fingerprint density at radius 3 is 2.21 bits per heavy atom. The third-order valence-electron chi connectivity index (χ3n) is 2.96. The van der Waals surface area contributed by atoms with E-state index in [1.54, 1.807) is 0 Å². The largest absolute Gasteiger partial charge is 0.394 e. The lowest BCUT2D eigenvalue weighted by Crippen LogP contribution is -2.55. The van der Waals surface area contributed by atoms with Gasteiger partial charge in [0.2, 0.25) is 0 Å². The van der Waals surface area contributed by atoms with Gasteiger partial charge >= 0.3 is 0 Å². The van der Waals surface area contributed by atoms with Crippen molar-refractivity contribution in [3.05, 3.63) is 0 Å². The Bertz CT molecular complexity index is 181. The fraction of sp³-hybridized carbons (Fsp3) is 1.00. The standard InChI is InChI=1S/C10H20O4/c1-5(2)10-6(3)8(12)9(13)7(4-11)14-10/h5-13H,4H2,1-3H3/t6?,7?,8-,9-,10+/m1/s1. The molecular formula is C10H20O4. The summed E-state index contributed by atoms with van der Waals surface area (Å²) in [6, 6.07) is 0. The van der Waals surface area contributed by atoms with Gasteiger partial charge < -0.3 is 20.1 Å². The van der Waals surface area contributed by atoms with Crippen molar-refractivity contribution in [2.75, 3.05) is 6.61 Å². The Hall–Kier alpha value is -0.160. The third kappa shape index (κ3) is 2.08. The Morgan fingerprint density at radius 2 is 1.79 bits per heavy atom. The molecule has 0 aromatic heterocycles. The number of rotatable bonds is 2. The molecule has 1 aliphatic rings. The molecule has 0 amide bonds. The molecule has 1 fully saturated rings. The first-order valence-corrected chi connectivity index (χ1v) is 5.11. The Labute approximate surface area is 84.5 Å². The minimum absolute atomic E-state index is 0.104. The molecule has 4 heteroatoms. The van der Waals surface area contributed by atoms with Crippen molar-refractivity contribution in [2.45, 2.75) is 45.2 Å². The normalized spacial score (nSPS) is 44.4. The number of aliphatic hydroxyl groups is 3. The number of aliphatic hydroxyl groups excluding tert-OH is 3. The monoisotopic (exact) mass is 204 g/mol. The second kappa shape index (κ2) is 4.57. The van der Waals surface area contributed by atoms with Crippen LogP contribution in [0.25, 0.3) is 0 Å². The van der Waals surface area contributed by atoms with E-state index in [-0.39, 0.29) is 24.5 Å². The van der Waals surface area contributed by atoms with Gasteiger partial charge in [-0.05, 0) is 5.92 Å². The molecule has 1 rings (SSSR count). The van der Waals surface area contributed by atoms with Gasteiger partial charge in [0, 0.05) is 5.92 Å². The van der Waals surface area contributed by atoms with Gasteiger partial charge in [-0.1, -0.05) is 20.8 Å². The maximum absolute atomic E-state index is 9.73. The van der Waals surface area contributed by atoms with Gasteiger partial charge in [0.15, 0.2) is 0 Å².